The average Bonchev–Trinajstić information content (AvgIpc) is 3.01. The molecule has 4 heteroatoms. The van der Waals surface area contributed by atoms with Gasteiger partial charge in [0.2, 0.25) is 5.91 Å². The van der Waals surface area contributed by atoms with Crippen molar-refractivity contribution in [1.82, 2.24) is 4.90 Å². The molecule has 1 fully saturated rings. The largest absolute Gasteiger partial charge is 0.330 e. The maximum atomic E-state index is 12.6. The monoisotopic (exact) mass is 351 g/mol. The van der Waals surface area contributed by atoms with E-state index in [0.29, 0.717) is 24.9 Å². The van der Waals surface area contributed by atoms with E-state index in [2.05, 4.69) is 53.5 Å². The van der Waals surface area contributed by atoms with Gasteiger partial charge in [0.25, 0.3) is 0 Å². The van der Waals surface area contributed by atoms with Crippen LogP contribution >= 0.6 is 0 Å². The van der Waals surface area contributed by atoms with Crippen LogP contribution in [0.4, 0.5) is 5.69 Å². The Balaban J connectivity index is 1.65. The number of aryl methyl sites for hydroxylation is 3. The molecule has 1 amide bonds. The van der Waals surface area contributed by atoms with Crippen LogP contribution in [0.5, 0.6) is 0 Å². The first kappa shape index (κ1) is 18.6. The summed E-state index contributed by atoms with van der Waals surface area (Å²) in [5.74, 6) is 0.842. The van der Waals surface area contributed by atoms with Crippen LogP contribution in [0.3, 0.4) is 0 Å². The van der Waals surface area contributed by atoms with Crippen molar-refractivity contribution in [2.24, 2.45) is 11.7 Å². The van der Waals surface area contributed by atoms with Gasteiger partial charge in [0.05, 0.1) is 6.54 Å². The molecule has 0 bridgehead atoms. The highest BCUT2D eigenvalue weighted by molar-refractivity contribution is 5.93. The number of carbonyl (C=O) groups is 1. The molecule has 1 aliphatic heterocycles. The first-order chi connectivity index (χ1) is 12.5. The summed E-state index contributed by atoms with van der Waals surface area (Å²) in [7, 11) is 0. The third-order valence-corrected chi connectivity index (χ3v) is 5.36. The second-order valence-electron chi connectivity index (χ2n) is 7.53. The lowest BCUT2D eigenvalue weighted by Crippen LogP contribution is -2.32. The van der Waals surface area contributed by atoms with Gasteiger partial charge in [0.15, 0.2) is 0 Å². The number of nitrogens with two attached hydrogens (primary N) is 1. The summed E-state index contributed by atoms with van der Waals surface area (Å²) in [6, 6.07) is 14.7. The quantitative estimate of drug-likeness (QED) is 0.869. The predicted molar refractivity (Wildman–Crippen MR) is 107 cm³/mol. The van der Waals surface area contributed by atoms with Crippen molar-refractivity contribution in [2.75, 3.05) is 31.5 Å². The minimum absolute atomic E-state index is 0.0459. The van der Waals surface area contributed by atoms with Gasteiger partial charge in [-0.05, 0) is 49.9 Å². The molecule has 0 aliphatic carbocycles. The van der Waals surface area contributed by atoms with E-state index < -0.39 is 0 Å². The van der Waals surface area contributed by atoms with E-state index in [1.165, 1.54) is 11.1 Å². The number of rotatable bonds is 5. The van der Waals surface area contributed by atoms with Crippen LogP contribution in [-0.4, -0.2) is 37.0 Å². The highest BCUT2D eigenvalue weighted by atomic mass is 16.2. The molecule has 1 heterocycles. The van der Waals surface area contributed by atoms with E-state index in [1.807, 2.05) is 19.9 Å². The minimum atomic E-state index is 0.0459. The molecule has 3 rings (SSSR count). The number of amides is 1. The SMILES string of the molecule is Cc1cc(C)c(NC(=O)CN2C[C@@H](CN)[C@H](c3ccccc3)C2)c(C)c1. The Morgan fingerprint density at radius 2 is 1.77 bits per heavy atom. The molecular weight excluding hydrogens is 322 g/mol. The molecule has 0 aromatic heterocycles. The second kappa shape index (κ2) is 8.02. The molecule has 2 aromatic rings. The highest BCUT2D eigenvalue weighted by Crippen LogP contribution is 2.32. The van der Waals surface area contributed by atoms with E-state index in [1.54, 1.807) is 0 Å². The maximum absolute atomic E-state index is 12.6. The van der Waals surface area contributed by atoms with Crippen molar-refractivity contribution >= 4 is 11.6 Å². The number of hydrogen-bond donors (Lipinski definition) is 2. The Hall–Kier alpha value is -2.17. The van der Waals surface area contributed by atoms with E-state index >= 15 is 0 Å². The summed E-state index contributed by atoms with van der Waals surface area (Å²) in [6.45, 7) is 8.97. The molecule has 1 aliphatic rings. The van der Waals surface area contributed by atoms with Crippen molar-refractivity contribution in [1.29, 1.82) is 0 Å². The third-order valence-electron chi connectivity index (χ3n) is 5.36. The van der Waals surface area contributed by atoms with Gasteiger partial charge in [0, 0.05) is 24.7 Å². The van der Waals surface area contributed by atoms with E-state index in [-0.39, 0.29) is 5.91 Å². The molecule has 2 aromatic carbocycles. The van der Waals surface area contributed by atoms with Crippen molar-refractivity contribution in [3.8, 4) is 0 Å². The molecule has 138 valence electrons. The maximum Gasteiger partial charge on any atom is 0.238 e. The molecule has 3 N–H and O–H groups in total. The first-order valence-corrected chi connectivity index (χ1v) is 9.33. The van der Waals surface area contributed by atoms with Crippen LogP contribution in [-0.2, 0) is 4.79 Å². The number of benzene rings is 2. The fourth-order valence-corrected chi connectivity index (χ4v) is 4.17. The van der Waals surface area contributed by atoms with Crippen LogP contribution in [0.25, 0.3) is 0 Å². The standard InChI is InChI=1S/C22H29N3O/c1-15-9-16(2)22(17(3)10-15)24-21(26)14-25-12-19(11-23)20(13-25)18-7-5-4-6-8-18/h4-10,19-20H,11-14,23H2,1-3H3,(H,24,26)/t19-,20+/m1/s1. The molecule has 26 heavy (non-hydrogen) atoms. The zero-order valence-electron chi connectivity index (χ0n) is 16.0. The molecular formula is C22H29N3O. The van der Waals surface area contributed by atoms with E-state index in [4.69, 9.17) is 5.73 Å². The van der Waals surface area contributed by atoms with Gasteiger partial charge in [-0.3, -0.25) is 9.69 Å². The number of carbonyl (C=O) groups excluding carboxylic acids is 1. The highest BCUT2D eigenvalue weighted by Gasteiger charge is 2.33. The van der Waals surface area contributed by atoms with Gasteiger partial charge >= 0.3 is 0 Å². The minimum Gasteiger partial charge on any atom is -0.330 e. The summed E-state index contributed by atoms with van der Waals surface area (Å²) in [6.07, 6.45) is 0. The van der Waals surface area contributed by atoms with Crippen molar-refractivity contribution in [3.63, 3.8) is 0 Å². The number of hydrogen-bond acceptors (Lipinski definition) is 3. The van der Waals surface area contributed by atoms with Crippen LogP contribution in [0.1, 0.15) is 28.2 Å². The number of nitrogens with zero attached hydrogens (tertiary/aromatic N) is 1. The molecule has 0 radical (unpaired) electrons. The average molecular weight is 351 g/mol. The molecule has 0 unspecified atom stereocenters. The van der Waals surface area contributed by atoms with Gasteiger partial charge in [-0.25, -0.2) is 0 Å². The number of anilines is 1. The summed E-state index contributed by atoms with van der Waals surface area (Å²) in [5, 5.41) is 3.11. The van der Waals surface area contributed by atoms with Crippen molar-refractivity contribution < 1.29 is 4.79 Å². The molecule has 0 spiro atoms. The topological polar surface area (TPSA) is 58.4 Å². The summed E-state index contributed by atoms with van der Waals surface area (Å²) < 4.78 is 0. The lowest BCUT2D eigenvalue weighted by atomic mass is 9.89. The first-order valence-electron chi connectivity index (χ1n) is 9.33. The Morgan fingerprint density at radius 1 is 1.12 bits per heavy atom. The molecule has 4 nitrogen and oxygen atoms in total. The normalized spacial score (nSPS) is 20.3. The summed E-state index contributed by atoms with van der Waals surface area (Å²) in [5.41, 5.74) is 11.7. The lowest BCUT2D eigenvalue weighted by molar-refractivity contribution is -0.117. The molecule has 2 atom stereocenters. The van der Waals surface area contributed by atoms with Crippen molar-refractivity contribution in [2.45, 2.75) is 26.7 Å². The molecule has 1 saturated heterocycles. The predicted octanol–water partition coefficient (Wildman–Crippen LogP) is 3.22. The fraction of sp³-hybridized carbons (Fsp3) is 0.409. The fourth-order valence-electron chi connectivity index (χ4n) is 4.17. The van der Waals surface area contributed by atoms with Crippen LogP contribution in [0.15, 0.2) is 42.5 Å². The van der Waals surface area contributed by atoms with Gasteiger partial charge < -0.3 is 11.1 Å². The number of likely N-dealkylation sites (tertiary alicyclic amines) is 1. The Kier molecular flexibility index (Phi) is 5.74. The molecule has 0 saturated carbocycles. The summed E-state index contributed by atoms with van der Waals surface area (Å²) >= 11 is 0. The number of nitrogens with one attached hydrogen (secondary N) is 1. The van der Waals surface area contributed by atoms with Crippen LogP contribution in [0.2, 0.25) is 0 Å². The Morgan fingerprint density at radius 3 is 2.38 bits per heavy atom. The lowest BCUT2D eigenvalue weighted by Gasteiger charge is -2.18. The summed E-state index contributed by atoms with van der Waals surface area (Å²) in [4.78, 5) is 14.8. The second-order valence-corrected chi connectivity index (χ2v) is 7.53. The Labute approximate surface area is 156 Å². The Bertz CT molecular complexity index is 749. The van der Waals surface area contributed by atoms with Gasteiger partial charge in [-0.15, -0.1) is 0 Å². The van der Waals surface area contributed by atoms with E-state index in [0.717, 1.165) is 29.9 Å². The van der Waals surface area contributed by atoms with Gasteiger partial charge in [-0.2, -0.15) is 0 Å². The van der Waals surface area contributed by atoms with E-state index in [9.17, 15) is 4.79 Å². The third kappa shape index (κ3) is 4.14. The van der Waals surface area contributed by atoms with Gasteiger partial charge in [-0.1, -0.05) is 48.0 Å². The zero-order valence-corrected chi connectivity index (χ0v) is 16.0. The van der Waals surface area contributed by atoms with Crippen LogP contribution in [0, 0.1) is 26.7 Å². The van der Waals surface area contributed by atoms with Gasteiger partial charge in [0.1, 0.15) is 0 Å². The van der Waals surface area contributed by atoms with Crippen LogP contribution < -0.4 is 11.1 Å². The smallest absolute Gasteiger partial charge is 0.238 e. The van der Waals surface area contributed by atoms with Crippen molar-refractivity contribution in [3.05, 3.63) is 64.7 Å². The zero-order chi connectivity index (χ0) is 18.7.